The molecule has 17 heavy (non-hydrogen) atoms. The summed E-state index contributed by atoms with van der Waals surface area (Å²) in [5.41, 5.74) is 6.78. The van der Waals surface area contributed by atoms with Gasteiger partial charge in [0, 0.05) is 0 Å². The second kappa shape index (κ2) is 7.84. The zero-order valence-corrected chi connectivity index (χ0v) is 10.9. The van der Waals surface area contributed by atoms with Gasteiger partial charge in [0.05, 0.1) is 12.6 Å². The maximum absolute atomic E-state index is 11.6. The van der Waals surface area contributed by atoms with E-state index >= 15 is 0 Å². The summed E-state index contributed by atoms with van der Waals surface area (Å²) >= 11 is 0. The van der Waals surface area contributed by atoms with Gasteiger partial charge >= 0.3 is 5.97 Å². The van der Waals surface area contributed by atoms with E-state index in [1.165, 1.54) is 0 Å². The minimum Gasteiger partial charge on any atom is -0.464 e. The van der Waals surface area contributed by atoms with E-state index in [2.05, 4.69) is 5.32 Å². The molecule has 0 aromatic heterocycles. The van der Waals surface area contributed by atoms with Crippen LogP contribution in [0.4, 0.5) is 0 Å². The van der Waals surface area contributed by atoms with Crippen LogP contribution in [0.5, 0.6) is 0 Å². The highest BCUT2D eigenvalue weighted by atomic mass is 16.5. The summed E-state index contributed by atoms with van der Waals surface area (Å²) in [6.45, 7) is 7.46. The van der Waals surface area contributed by atoms with Crippen molar-refractivity contribution in [2.75, 3.05) is 6.61 Å². The molecule has 0 radical (unpaired) electrons. The molecule has 0 spiro atoms. The summed E-state index contributed by atoms with van der Waals surface area (Å²) in [6.07, 6.45) is 2.35. The molecule has 0 aliphatic rings. The number of nitrogens with two attached hydrogens (primary N) is 1. The third-order valence-corrected chi connectivity index (χ3v) is 2.12. The highest BCUT2D eigenvalue weighted by molar-refractivity contribution is 5.87. The molecule has 1 amide bonds. The van der Waals surface area contributed by atoms with E-state index in [0.29, 0.717) is 13.0 Å². The monoisotopic (exact) mass is 242 g/mol. The smallest absolute Gasteiger partial charge is 0.328 e. The van der Waals surface area contributed by atoms with Crippen molar-refractivity contribution in [1.82, 2.24) is 5.32 Å². The van der Waals surface area contributed by atoms with Gasteiger partial charge in [0.25, 0.3) is 0 Å². The van der Waals surface area contributed by atoms with Crippen molar-refractivity contribution in [2.45, 2.75) is 46.2 Å². The van der Waals surface area contributed by atoms with Gasteiger partial charge in [0.2, 0.25) is 5.91 Å². The second-order valence-electron chi connectivity index (χ2n) is 4.11. The van der Waals surface area contributed by atoms with Crippen molar-refractivity contribution in [3.63, 3.8) is 0 Å². The van der Waals surface area contributed by atoms with E-state index in [4.69, 9.17) is 10.5 Å². The van der Waals surface area contributed by atoms with Crippen LogP contribution in [0.25, 0.3) is 0 Å². The molecule has 0 bridgehead atoms. The summed E-state index contributed by atoms with van der Waals surface area (Å²) < 4.78 is 4.78. The minimum atomic E-state index is -0.666. The summed E-state index contributed by atoms with van der Waals surface area (Å²) in [6, 6.07) is -1.30. The standard InChI is InChI=1S/C12H22N2O3/c1-5-17-12(16)9(4)14-11(15)10(13)7-6-8(2)3/h6,9-10H,5,7,13H2,1-4H3,(H,14,15)/t9-,10+/m1/s1. The number of allylic oxidation sites excluding steroid dienone is 1. The molecule has 0 aromatic rings. The quantitative estimate of drug-likeness (QED) is 0.531. The SMILES string of the molecule is CCOC(=O)[C@@H](C)NC(=O)[C@@H](N)CC=C(C)C. The van der Waals surface area contributed by atoms with Gasteiger partial charge in [-0.05, 0) is 34.1 Å². The lowest BCUT2D eigenvalue weighted by Gasteiger charge is -2.15. The average Bonchev–Trinajstić information content (AvgIpc) is 2.25. The van der Waals surface area contributed by atoms with E-state index in [0.717, 1.165) is 5.57 Å². The molecule has 98 valence electrons. The minimum absolute atomic E-state index is 0.295. The molecule has 0 aliphatic heterocycles. The van der Waals surface area contributed by atoms with Crippen LogP contribution in [0.3, 0.4) is 0 Å². The fourth-order valence-electron chi connectivity index (χ4n) is 1.12. The molecule has 3 N–H and O–H groups in total. The van der Waals surface area contributed by atoms with Crippen molar-refractivity contribution < 1.29 is 14.3 Å². The molecular weight excluding hydrogens is 220 g/mol. The Kier molecular flexibility index (Phi) is 7.21. The Balaban J connectivity index is 4.15. The Morgan fingerprint density at radius 2 is 2.00 bits per heavy atom. The van der Waals surface area contributed by atoms with Gasteiger partial charge in [-0.2, -0.15) is 0 Å². The number of esters is 1. The summed E-state index contributed by atoms with van der Waals surface area (Å²) in [5.74, 6) is -0.793. The van der Waals surface area contributed by atoms with Crippen LogP contribution >= 0.6 is 0 Å². The molecule has 0 aromatic carbocycles. The van der Waals surface area contributed by atoms with Crippen LogP contribution < -0.4 is 11.1 Å². The molecule has 0 unspecified atom stereocenters. The number of carbonyl (C=O) groups is 2. The van der Waals surface area contributed by atoms with Crippen LogP contribution in [-0.4, -0.2) is 30.6 Å². The topological polar surface area (TPSA) is 81.4 Å². The zero-order valence-electron chi connectivity index (χ0n) is 10.9. The fraction of sp³-hybridized carbons (Fsp3) is 0.667. The van der Waals surface area contributed by atoms with Gasteiger partial charge in [0.1, 0.15) is 6.04 Å². The first-order chi connectivity index (χ1) is 7.88. The highest BCUT2D eigenvalue weighted by Gasteiger charge is 2.19. The van der Waals surface area contributed by atoms with E-state index < -0.39 is 18.1 Å². The molecule has 0 rings (SSSR count). The van der Waals surface area contributed by atoms with Gasteiger partial charge in [-0.3, -0.25) is 4.79 Å². The third kappa shape index (κ3) is 6.73. The largest absolute Gasteiger partial charge is 0.464 e. The number of carbonyl (C=O) groups excluding carboxylic acids is 2. The number of hydrogen-bond acceptors (Lipinski definition) is 4. The molecule has 0 saturated carbocycles. The number of amides is 1. The lowest BCUT2D eigenvalue weighted by molar-refractivity contribution is -0.147. The van der Waals surface area contributed by atoms with Crippen molar-refractivity contribution in [2.24, 2.45) is 5.73 Å². The Morgan fingerprint density at radius 3 is 2.47 bits per heavy atom. The third-order valence-electron chi connectivity index (χ3n) is 2.12. The molecule has 5 nitrogen and oxygen atoms in total. The van der Waals surface area contributed by atoms with Crippen molar-refractivity contribution in [3.05, 3.63) is 11.6 Å². The predicted molar refractivity (Wildman–Crippen MR) is 66.3 cm³/mol. The average molecular weight is 242 g/mol. The Bertz CT molecular complexity index is 296. The Morgan fingerprint density at radius 1 is 1.41 bits per heavy atom. The van der Waals surface area contributed by atoms with E-state index in [-0.39, 0.29) is 5.91 Å². The maximum atomic E-state index is 11.6. The normalized spacial score (nSPS) is 13.5. The van der Waals surface area contributed by atoms with Gasteiger partial charge in [-0.1, -0.05) is 11.6 Å². The van der Waals surface area contributed by atoms with Crippen molar-refractivity contribution in [3.8, 4) is 0 Å². The van der Waals surface area contributed by atoms with E-state index in [1.54, 1.807) is 13.8 Å². The lowest BCUT2D eigenvalue weighted by atomic mass is 10.1. The highest BCUT2D eigenvalue weighted by Crippen LogP contribution is 1.97. The van der Waals surface area contributed by atoms with Gasteiger partial charge in [-0.25, -0.2) is 4.79 Å². The van der Waals surface area contributed by atoms with Gasteiger partial charge in [0.15, 0.2) is 0 Å². The summed E-state index contributed by atoms with van der Waals surface area (Å²) in [4.78, 5) is 22.9. The first kappa shape index (κ1) is 15.6. The molecule has 0 fully saturated rings. The van der Waals surface area contributed by atoms with Gasteiger partial charge < -0.3 is 15.8 Å². The molecule has 0 heterocycles. The number of hydrogen-bond donors (Lipinski definition) is 2. The molecule has 2 atom stereocenters. The summed E-state index contributed by atoms with van der Waals surface area (Å²) in [7, 11) is 0. The number of rotatable bonds is 6. The Labute approximate surface area is 102 Å². The zero-order chi connectivity index (χ0) is 13.4. The molecule has 0 saturated heterocycles. The van der Waals surface area contributed by atoms with Crippen LogP contribution in [0.2, 0.25) is 0 Å². The van der Waals surface area contributed by atoms with Crippen molar-refractivity contribution in [1.29, 1.82) is 0 Å². The fourth-order valence-corrected chi connectivity index (χ4v) is 1.12. The van der Waals surface area contributed by atoms with E-state index in [9.17, 15) is 9.59 Å². The first-order valence-electron chi connectivity index (χ1n) is 5.74. The summed E-state index contributed by atoms with van der Waals surface area (Å²) in [5, 5.41) is 2.52. The predicted octanol–water partition coefficient (Wildman–Crippen LogP) is 0.738. The van der Waals surface area contributed by atoms with Crippen LogP contribution in [-0.2, 0) is 14.3 Å². The van der Waals surface area contributed by atoms with E-state index in [1.807, 2.05) is 19.9 Å². The number of ether oxygens (including phenoxy) is 1. The second-order valence-corrected chi connectivity index (χ2v) is 4.11. The number of nitrogens with one attached hydrogen (secondary N) is 1. The lowest BCUT2D eigenvalue weighted by Crippen LogP contribution is -2.47. The maximum Gasteiger partial charge on any atom is 0.328 e. The van der Waals surface area contributed by atoms with Crippen LogP contribution in [0, 0.1) is 0 Å². The van der Waals surface area contributed by atoms with Gasteiger partial charge in [-0.15, -0.1) is 0 Å². The first-order valence-corrected chi connectivity index (χ1v) is 5.74. The Hall–Kier alpha value is -1.36. The molecular formula is C12H22N2O3. The van der Waals surface area contributed by atoms with Crippen molar-refractivity contribution >= 4 is 11.9 Å². The van der Waals surface area contributed by atoms with Crippen LogP contribution in [0.15, 0.2) is 11.6 Å². The molecule has 5 heteroatoms. The molecule has 0 aliphatic carbocycles. The van der Waals surface area contributed by atoms with Crippen LogP contribution in [0.1, 0.15) is 34.1 Å².